The summed E-state index contributed by atoms with van der Waals surface area (Å²) in [7, 11) is 0. The number of amides is 2. The smallest absolute Gasteiger partial charge is 0.321 e. The van der Waals surface area contributed by atoms with E-state index in [9.17, 15) is 14.9 Å². The number of urea groups is 1. The average molecular weight is 325 g/mol. The number of anilines is 1. The van der Waals surface area contributed by atoms with E-state index < -0.39 is 11.0 Å². The van der Waals surface area contributed by atoms with Crippen molar-refractivity contribution in [1.82, 2.24) is 15.6 Å². The second-order valence-corrected chi connectivity index (χ2v) is 5.31. The van der Waals surface area contributed by atoms with Gasteiger partial charge in [0.1, 0.15) is 0 Å². The number of rotatable bonds is 7. The minimum Gasteiger partial charge on any atom is -0.395 e. The van der Waals surface area contributed by atoms with E-state index in [2.05, 4.69) is 20.9 Å². The molecule has 0 bridgehead atoms. The van der Waals surface area contributed by atoms with Gasteiger partial charge in [0.15, 0.2) is 5.13 Å². The van der Waals surface area contributed by atoms with Gasteiger partial charge in [0.2, 0.25) is 0 Å². The molecule has 0 atom stereocenters. The molecule has 118 valence electrons. The summed E-state index contributed by atoms with van der Waals surface area (Å²) in [5.41, 5.74) is 0.581. The van der Waals surface area contributed by atoms with Crippen LogP contribution < -0.4 is 16.0 Å². The number of fused-ring (bicyclic) bond motifs is 1. The lowest BCUT2D eigenvalue weighted by molar-refractivity contribution is -0.384. The molecule has 1 heterocycles. The Morgan fingerprint density at radius 1 is 1.36 bits per heavy atom. The highest BCUT2D eigenvalue weighted by molar-refractivity contribution is 7.22. The number of nitrogens with one attached hydrogen (secondary N) is 3. The number of benzene rings is 1. The zero-order chi connectivity index (χ0) is 15.9. The topological polar surface area (TPSA) is 129 Å². The Labute approximate surface area is 129 Å². The van der Waals surface area contributed by atoms with Gasteiger partial charge in [-0.3, -0.25) is 15.4 Å². The Morgan fingerprint density at radius 3 is 2.91 bits per heavy atom. The Balaban J connectivity index is 1.91. The number of hydrogen-bond donors (Lipinski definition) is 4. The van der Waals surface area contributed by atoms with E-state index in [0.717, 1.165) is 0 Å². The Morgan fingerprint density at radius 2 is 2.18 bits per heavy atom. The molecule has 0 spiro atoms. The van der Waals surface area contributed by atoms with Crippen LogP contribution in [0.3, 0.4) is 0 Å². The van der Waals surface area contributed by atoms with Crippen molar-refractivity contribution >= 4 is 38.4 Å². The third-order valence-electron chi connectivity index (χ3n) is 2.68. The van der Waals surface area contributed by atoms with Crippen LogP contribution >= 0.6 is 11.3 Å². The van der Waals surface area contributed by atoms with Crippen molar-refractivity contribution in [3.8, 4) is 0 Å². The highest BCUT2D eigenvalue weighted by Gasteiger charge is 2.11. The monoisotopic (exact) mass is 325 g/mol. The second kappa shape index (κ2) is 7.64. The number of non-ortho nitro benzene ring substituents is 1. The lowest BCUT2D eigenvalue weighted by atomic mass is 10.3. The molecule has 9 nitrogen and oxygen atoms in total. The number of aliphatic hydroxyl groups is 1. The van der Waals surface area contributed by atoms with Crippen LogP contribution in [0, 0.1) is 10.1 Å². The minimum atomic E-state index is -0.474. The van der Waals surface area contributed by atoms with Crippen molar-refractivity contribution in [2.45, 2.75) is 0 Å². The van der Waals surface area contributed by atoms with Crippen LogP contribution in [0.1, 0.15) is 0 Å². The van der Waals surface area contributed by atoms with Crippen LogP contribution in [0.25, 0.3) is 10.2 Å². The highest BCUT2D eigenvalue weighted by Crippen LogP contribution is 2.28. The third-order valence-corrected chi connectivity index (χ3v) is 3.61. The summed E-state index contributed by atoms with van der Waals surface area (Å²) in [6, 6.07) is 3.94. The number of hydrogen-bond acceptors (Lipinski definition) is 7. The van der Waals surface area contributed by atoms with Gasteiger partial charge in [-0.2, -0.15) is 0 Å². The van der Waals surface area contributed by atoms with E-state index in [1.54, 1.807) is 6.07 Å². The molecule has 0 aliphatic carbocycles. The van der Waals surface area contributed by atoms with E-state index in [1.165, 1.54) is 23.5 Å². The summed E-state index contributed by atoms with van der Waals surface area (Å²) >= 11 is 1.17. The summed E-state index contributed by atoms with van der Waals surface area (Å²) in [5.74, 6) is 0. The largest absolute Gasteiger partial charge is 0.395 e. The van der Waals surface area contributed by atoms with Crippen LogP contribution in [-0.2, 0) is 0 Å². The zero-order valence-corrected chi connectivity index (χ0v) is 12.4. The van der Waals surface area contributed by atoms with E-state index in [1.807, 2.05) is 0 Å². The SMILES string of the molecule is O=C(NCCNCCO)Nc1nc2ccc([N+](=O)[O-])cc2s1. The van der Waals surface area contributed by atoms with Gasteiger partial charge < -0.3 is 15.7 Å². The van der Waals surface area contributed by atoms with Gasteiger partial charge in [-0.1, -0.05) is 11.3 Å². The van der Waals surface area contributed by atoms with Gasteiger partial charge in [0.05, 0.1) is 21.7 Å². The predicted molar refractivity (Wildman–Crippen MR) is 83.3 cm³/mol. The molecule has 4 N–H and O–H groups in total. The van der Waals surface area contributed by atoms with Crippen molar-refractivity contribution < 1.29 is 14.8 Å². The normalized spacial score (nSPS) is 10.6. The number of nitro groups is 1. The number of nitro benzene ring substituents is 1. The Hall–Kier alpha value is -2.30. The summed E-state index contributed by atoms with van der Waals surface area (Å²) in [5, 5.41) is 27.8. The van der Waals surface area contributed by atoms with E-state index in [4.69, 9.17) is 5.11 Å². The maximum Gasteiger partial charge on any atom is 0.321 e. The quantitative estimate of drug-likeness (QED) is 0.340. The summed E-state index contributed by atoms with van der Waals surface area (Å²) in [6.07, 6.45) is 0. The molecular weight excluding hydrogens is 310 g/mol. The van der Waals surface area contributed by atoms with Crippen LogP contribution in [0.2, 0.25) is 0 Å². The molecule has 2 aromatic rings. The summed E-state index contributed by atoms with van der Waals surface area (Å²) in [4.78, 5) is 26.1. The summed E-state index contributed by atoms with van der Waals surface area (Å²) in [6.45, 7) is 1.46. The van der Waals surface area contributed by atoms with Gasteiger partial charge in [0, 0.05) is 31.8 Å². The van der Waals surface area contributed by atoms with Gasteiger partial charge in [0.25, 0.3) is 5.69 Å². The van der Waals surface area contributed by atoms with E-state index >= 15 is 0 Å². The molecule has 2 rings (SSSR count). The lowest BCUT2D eigenvalue weighted by Crippen LogP contribution is -2.35. The van der Waals surface area contributed by atoms with Crippen molar-refractivity contribution in [2.75, 3.05) is 31.6 Å². The van der Waals surface area contributed by atoms with Crippen molar-refractivity contribution in [2.24, 2.45) is 0 Å². The average Bonchev–Trinajstić information content (AvgIpc) is 2.87. The van der Waals surface area contributed by atoms with Crippen LogP contribution in [0.4, 0.5) is 15.6 Å². The van der Waals surface area contributed by atoms with Crippen LogP contribution in [0.5, 0.6) is 0 Å². The molecule has 22 heavy (non-hydrogen) atoms. The van der Waals surface area contributed by atoms with Gasteiger partial charge in [-0.05, 0) is 6.07 Å². The number of nitrogens with zero attached hydrogens (tertiary/aromatic N) is 2. The Bertz CT molecular complexity index is 675. The predicted octanol–water partition coefficient (Wildman–Crippen LogP) is 0.908. The molecule has 1 aromatic heterocycles. The number of aromatic nitrogens is 1. The number of thiazole rings is 1. The Kier molecular flexibility index (Phi) is 5.58. The first-order valence-electron chi connectivity index (χ1n) is 6.51. The molecule has 0 aliphatic rings. The highest BCUT2D eigenvalue weighted by atomic mass is 32.1. The maximum absolute atomic E-state index is 11.7. The zero-order valence-electron chi connectivity index (χ0n) is 11.5. The van der Waals surface area contributed by atoms with Gasteiger partial charge in [-0.25, -0.2) is 9.78 Å². The molecule has 1 aromatic carbocycles. The molecule has 0 saturated carbocycles. The number of aliphatic hydroxyl groups excluding tert-OH is 1. The summed E-state index contributed by atoms with van der Waals surface area (Å²) < 4.78 is 0.633. The van der Waals surface area contributed by atoms with Crippen molar-refractivity contribution in [1.29, 1.82) is 0 Å². The molecule has 0 aliphatic heterocycles. The fourth-order valence-corrected chi connectivity index (χ4v) is 2.58. The fourth-order valence-electron chi connectivity index (χ4n) is 1.69. The second-order valence-electron chi connectivity index (χ2n) is 4.28. The molecule has 0 radical (unpaired) electrons. The molecule has 0 unspecified atom stereocenters. The molecule has 0 saturated heterocycles. The van der Waals surface area contributed by atoms with Gasteiger partial charge >= 0.3 is 6.03 Å². The first-order valence-corrected chi connectivity index (χ1v) is 7.33. The number of carbonyl (C=O) groups excluding carboxylic acids is 1. The molecule has 2 amide bonds. The lowest BCUT2D eigenvalue weighted by Gasteiger charge is -2.05. The molecule has 10 heteroatoms. The molecular formula is C12H15N5O4S. The molecule has 0 fully saturated rings. The first-order chi connectivity index (χ1) is 10.6. The van der Waals surface area contributed by atoms with Crippen LogP contribution in [0.15, 0.2) is 18.2 Å². The van der Waals surface area contributed by atoms with Crippen molar-refractivity contribution in [3.05, 3.63) is 28.3 Å². The first kappa shape index (κ1) is 16.1. The minimum absolute atomic E-state index is 0.0119. The maximum atomic E-state index is 11.7. The van der Waals surface area contributed by atoms with Crippen LogP contribution in [-0.4, -0.2) is 47.3 Å². The fraction of sp³-hybridized carbons (Fsp3) is 0.333. The third kappa shape index (κ3) is 4.35. The van der Waals surface area contributed by atoms with E-state index in [0.29, 0.717) is 35.0 Å². The standard InChI is InChI=1S/C12H15N5O4S/c18-6-5-13-3-4-14-11(19)16-12-15-9-2-1-8(17(20)21)7-10(9)22-12/h1-2,7,13,18H,3-6H2,(H2,14,15,16,19). The van der Waals surface area contributed by atoms with Crippen molar-refractivity contribution in [3.63, 3.8) is 0 Å². The van der Waals surface area contributed by atoms with E-state index in [-0.39, 0.29) is 12.3 Å². The number of carbonyl (C=O) groups is 1. The van der Waals surface area contributed by atoms with Gasteiger partial charge in [-0.15, -0.1) is 0 Å².